The minimum absolute atomic E-state index is 0.00888. The monoisotopic (exact) mass is 889 g/mol. The summed E-state index contributed by atoms with van der Waals surface area (Å²) in [5.74, 6) is -0.981. The number of ether oxygens (including phenoxy) is 13. The molecular formula is C44H88O17. The second-order valence-corrected chi connectivity index (χ2v) is 15.8. The van der Waals surface area contributed by atoms with E-state index in [2.05, 4.69) is 6.58 Å². The molecule has 17 heteroatoms. The normalized spacial score (nSPS) is 18.3. The number of aliphatic carboxylic acids is 1. The van der Waals surface area contributed by atoms with Gasteiger partial charge in [-0.25, -0.2) is 4.79 Å². The Labute approximate surface area is 368 Å². The molecule has 0 aliphatic heterocycles. The van der Waals surface area contributed by atoms with E-state index < -0.39 is 12.1 Å². The maximum atomic E-state index is 9.82. The van der Waals surface area contributed by atoms with E-state index in [4.69, 9.17) is 71.8 Å². The lowest BCUT2D eigenvalue weighted by atomic mass is 10.3. The predicted molar refractivity (Wildman–Crippen MR) is 232 cm³/mol. The van der Waals surface area contributed by atoms with Gasteiger partial charge in [-0.05, 0) is 90.0 Å². The van der Waals surface area contributed by atoms with Gasteiger partial charge in [-0.15, -0.1) is 0 Å². The van der Waals surface area contributed by atoms with Crippen molar-refractivity contribution in [1.29, 1.82) is 0 Å². The lowest BCUT2D eigenvalue weighted by molar-refractivity contribution is -0.131. The minimum Gasteiger partial charge on any atom is -0.478 e. The van der Waals surface area contributed by atoms with Gasteiger partial charge in [-0.2, -0.15) is 0 Å². The van der Waals surface area contributed by atoms with Crippen LogP contribution in [0.2, 0.25) is 0 Å². The van der Waals surface area contributed by atoms with Crippen LogP contribution in [0.25, 0.3) is 0 Å². The van der Waals surface area contributed by atoms with Crippen molar-refractivity contribution < 1.29 is 81.7 Å². The van der Waals surface area contributed by atoms with Gasteiger partial charge in [0.1, 0.15) is 6.10 Å². The molecule has 0 rings (SSSR count). The summed E-state index contributed by atoms with van der Waals surface area (Å²) in [6.45, 7) is 34.1. The van der Waals surface area contributed by atoms with E-state index in [1.165, 1.54) is 0 Å². The number of carboxylic acids is 1. The first-order valence-electron chi connectivity index (χ1n) is 21.9. The van der Waals surface area contributed by atoms with Crippen molar-refractivity contribution in [1.82, 2.24) is 0 Å². The Morgan fingerprint density at radius 1 is 0.410 bits per heavy atom. The highest BCUT2D eigenvalue weighted by molar-refractivity contribution is 5.78. The second-order valence-electron chi connectivity index (χ2n) is 15.8. The average Bonchev–Trinajstić information content (AvgIpc) is 3.24. The Kier molecular flexibility index (Phi) is 40.6. The lowest BCUT2D eigenvalue weighted by Gasteiger charge is -2.23. The quantitative estimate of drug-likeness (QED) is 0.0726. The summed E-state index contributed by atoms with van der Waals surface area (Å²) in [6, 6.07) is 0. The Morgan fingerprint density at radius 3 is 0.754 bits per heavy atom. The van der Waals surface area contributed by atoms with Gasteiger partial charge in [0.15, 0.2) is 0 Å². The van der Waals surface area contributed by atoms with Crippen molar-refractivity contribution in [2.24, 2.45) is 0 Å². The van der Waals surface area contributed by atoms with Gasteiger partial charge in [0.05, 0.1) is 166 Å². The van der Waals surface area contributed by atoms with Crippen molar-refractivity contribution in [3.05, 3.63) is 12.7 Å². The molecule has 0 saturated heterocycles. The van der Waals surface area contributed by atoms with Crippen LogP contribution in [0, 0.1) is 0 Å². The highest BCUT2D eigenvalue weighted by Crippen LogP contribution is 2.07. The number of rotatable bonds is 41. The number of carbonyl (C=O) groups is 1. The topological polar surface area (TPSA) is 198 Å². The molecular weight excluding hydrogens is 800 g/mol. The van der Waals surface area contributed by atoms with Crippen LogP contribution in [-0.2, 0) is 66.4 Å². The van der Waals surface area contributed by atoms with Crippen LogP contribution in [0.3, 0.4) is 0 Å². The smallest absolute Gasteiger partial charge is 0.327 e. The molecule has 0 aliphatic rings. The van der Waals surface area contributed by atoms with Crippen LogP contribution >= 0.6 is 0 Å². The fourth-order valence-electron chi connectivity index (χ4n) is 4.46. The van der Waals surface area contributed by atoms with Crippen LogP contribution in [0.1, 0.15) is 90.0 Å². The zero-order valence-electron chi connectivity index (χ0n) is 40.0. The van der Waals surface area contributed by atoms with Crippen LogP contribution in [0.15, 0.2) is 12.7 Å². The molecule has 366 valence electrons. The first-order valence-corrected chi connectivity index (χ1v) is 21.9. The molecule has 0 spiro atoms. The second kappa shape index (κ2) is 40.1. The summed E-state index contributed by atoms with van der Waals surface area (Å²) < 4.78 is 75.3. The molecule has 0 bridgehead atoms. The number of hydrogen-bond acceptors (Lipinski definition) is 16. The maximum Gasteiger partial charge on any atom is 0.327 e. The number of hydrogen-bond donors (Lipinski definition) is 3. The van der Waals surface area contributed by atoms with Gasteiger partial charge >= 0.3 is 5.97 Å². The van der Waals surface area contributed by atoms with E-state index >= 15 is 0 Å². The molecule has 0 aliphatic carbocycles. The van der Waals surface area contributed by atoms with Gasteiger partial charge in [-0.3, -0.25) is 0 Å². The maximum absolute atomic E-state index is 9.82. The third-order valence-electron chi connectivity index (χ3n) is 8.29. The lowest BCUT2D eigenvalue weighted by Crippen LogP contribution is -2.31. The van der Waals surface area contributed by atoms with Gasteiger partial charge in [-0.1, -0.05) is 6.58 Å². The van der Waals surface area contributed by atoms with E-state index in [0.29, 0.717) is 79.3 Å². The van der Waals surface area contributed by atoms with Crippen molar-refractivity contribution in [2.75, 3.05) is 99.1 Å². The third kappa shape index (κ3) is 42.3. The summed E-state index contributed by atoms with van der Waals surface area (Å²) in [4.78, 5) is 9.25. The van der Waals surface area contributed by atoms with Crippen molar-refractivity contribution in [2.45, 2.75) is 169 Å². The highest BCUT2D eigenvalue weighted by atomic mass is 16.6. The summed E-state index contributed by atoms with van der Waals surface area (Å²) in [5, 5.41) is 26.5. The number of carboxylic acid groups (broad SMARTS) is 1. The Morgan fingerprint density at radius 2 is 0.590 bits per heavy atom. The minimum atomic E-state index is -0.981. The summed E-state index contributed by atoms with van der Waals surface area (Å²) in [7, 11) is 0. The zero-order valence-corrected chi connectivity index (χ0v) is 40.0. The summed E-state index contributed by atoms with van der Waals surface area (Å²) in [5.41, 5.74) is 0. The summed E-state index contributed by atoms with van der Waals surface area (Å²) >= 11 is 0. The molecule has 17 nitrogen and oxygen atoms in total. The van der Waals surface area contributed by atoms with Crippen LogP contribution in [0.4, 0.5) is 0 Å². The molecule has 0 aromatic carbocycles. The van der Waals surface area contributed by atoms with Crippen molar-refractivity contribution >= 4 is 5.97 Å². The van der Waals surface area contributed by atoms with E-state index in [1.807, 2.05) is 90.0 Å². The average molecular weight is 889 g/mol. The summed E-state index contributed by atoms with van der Waals surface area (Å²) in [6.07, 6.45) is -1.12. The molecule has 13 unspecified atom stereocenters. The molecule has 0 heterocycles. The molecule has 13 atom stereocenters. The molecule has 0 aromatic heterocycles. The largest absolute Gasteiger partial charge is 0.478 e. The van der Waals surface area contributed by atoms with Crippen molar-refractivity contribution in [3.8, 4) is 0 Å². The molecule has 0 saturated carbocycles. The van der Waals surface area contributed by atoms with E-state index in [0.717, 1.165) is 6.08 Å². The standard InChI is InChI=1S/C41H84O15.C3H4O2/c1-14-44-27-41(43)28-56-40(13)26-55-39(12)25-54-38(11)24-53-37(10)23-52-36(9)22-51-35(8)21-50-34(7)20-49-33(6)19-48-32(5)18-47-31(4)17-46-30(3)16-45-29(2)15-42;1-2-3(4)5/h29-43H,14-28H2,1-13H3;2H,1H2,(H,4,5). The Bertz CT molecular complexity index is 996. The van der Waals surface area contributed by atoms with Gasteiger partial charge in [0.25, 0.3) is 0 Å². The van der Waals surface area contributed by atoms with Crippen molar-refractivity contribution in [3.63, 3.8) is 0 Å². The van der Waals surface area contributed by atoms with E-state index in [-0.39, 0.29) is 93.1 Å². The molecule has 61 heavy (non-hydrogen) atoms. The molecule has 0 aromatic rings. The number of aliphatic hydroxyl groups excluding tert-OH is 2. The number of aliphatic hydroxyl groups is 2. The van der Waals surface area contributed by atoms with E-state index in [9.17, 15) is 9.90 Å². The first kappa shape index (κ1) is 61.7. The molecule has 0 fully saturated rings. The fraction of sp³-hybridized carbons (Fsp3) is 0.932. The van der Waals surface area contributed by atoms with Crippen LogP contribution in [0.5, 0.6) is 0 Å². The fourth-order valence-corrected chi connectivity index (χ4v) is 4.46. The van der Waals surface area contributed by atoms with Crippen LogP contribution < -0.4 is 0 Å². The van der Waals surface area contributed by atoms with Gasteiger partial charge in [0, 0.05) is 12.7 Å². The van der Waals surface area contributed by atoms with Crippen LogP contribution in [-0.4, -0.2) is 200 Å². The molecule has 0 amide bonds. The first-order chi connectivity index (χ1) is 28.8. The third-order valence-corrected chi connectivity index (χ3v) is 8.29. The predicted octanol–water partition coefficient (Wildman–Crippen LogP) is 4.49. The van der Waals surface area contributed by atoms with E-state index in [1.54, 1.807) is 0 Å². The van der Waals surface area contributed by atoms with Gasteiger partial charge < -0.3 is 76.9 Å². The van der Waals surface area contributed by atoms with Gasteiger partial charge in [0.2, 0.25) is 0 Å². The highest BCUT2D eigenvalue weighted by Gasteiger charge is 2.17. The SMILES string of the molecule is C=CC(=O)O.CCOCC(O)COC(C)COC(C)COC(C)COC(C)COC(C)COC(C)COC(C)COC(C)COC(C)COC(C)COC(C)COC(C)CO. The molecule has 0 radical (unpaired) electrons. The Balaban J connectivity index is 0. The zero-order chi connectivity index (χ0) is 46.6. The Hall–Kier alpha value is -1.39. The molecule has 3 N–H and O–H groups in total.